The van der Waals surface area contributed by atoms with Gasteiger partial charge in [-0.15, -0.1) is 0 Å². The van der Waals surface area contributed by atoms with E-state index >= 15 is 0 Å². The van der Waals surface area contributed by atoms with Gasteiger partial charge in [-0.1, -0.05) is 0 Å². The van der Waals surface area contributed by atoms with Gasteiger partial charge in [-0.2, -0.15) is 15.2 Å². The molecule has 1 aliphatic carbocycles. The fraction of sp³-hybridized carbons (Fsp3) is 0.417. The number of fused-ring (bicyclic) bond motifs is 1. The van der Waals surface area contributed by atoms with Crippen molar-refractivity contribution in [3.05, 3.63) is 17.0 Å². The highest BCUT2D eigenvalue weighted by atomic mass is 35.5. The van der Waals surface area contributed by atoms with Gasteiger partial charge in [0.05, 0.1) is 10.9 Å². The van der Waals surface area contributed by atoms with Crippen molar-refractivity contribution < 1.29 is 0 Å². The Morgan fingerprint density at radius 3 is 3.00 bits per heavy atom. The zero-order valence-electron chi connectivity index (χ0n) is 9.87. The fourth-order valence-electron chi connectivity index (χ4n) is 2.13. The molecule has 2 aromatic heterocycles. The lowest BCUT2D eigenvalue weighted by atomic mass is 10.2. The molecule has 0 aliphatic heterocycles. The van der Waals surface area contributed by atoms with Gasteiger partial charge >= 0.3 is 0 Å². The van der Waals surface area contributed by atoms with Gasteiger partial charge in [0.1, 0.15) is 17.5 Å². The lowest BCUT2D eigenvalue weighted by Gasteiger charge is -2.14. The average molecular weight is 262 g/mol. The maximum atomic E-state index is 9.09. The molecule has 2 N–H and O–H groups in total. The van der Waals surface area contributed by atoms with Crippen LogP contribution in [0.3, 0.4) is 0 Å². The number of aromatic nitrogens is 3. The molecule has 0 spiro atoms. The van der Waals surface area contributed by atoms with Gasteiger partial charge in [0.15, 0.2) is 0 Å². The minimum Gasteiger partial charge on any atom is -0.367 e. The van der Waals surface area contributed by atoms with Crippen LogP contribution in [0.4, 0.5) is 5.82 Å². The van der Waals surface area contributed by atoms with E-state index < -0.39 is 0 Å². The molecule has 0 amide bonds. The number of aromatic amines is 1. The Morgan fingerprint density at radius 2 is 2.33 bits per heavy atom. The first-order valence-corrected chi connectivity index (χ1v) is 6.28. The molecule has 0 unspecified atom stereocenters. The molecule has 0 saturated heterocycles. The van der Waals surface area contributed by atoms with Gasteiger partial charge in [-0.05, 0) is 37.3 Å². The van der Waals surface area contributed by atoms with Gasteiger partial charge in [-0.25, -0.2) is 0 Å². The van der Waals surface area contributed by atoms with Crippen molar-refractivity contribution >= 4 is 28.5 Å². The molecular weight excluding hydrogens is 250 g/mol. The Morgan fingerprint density at radius 1 is 1.56 bits per heavy atom. The topological polar surface area (TPSA) is 77.4 Å². The Balaban J connectivity index is 2.07. The van der Waals surface area contributed by atoms with E-state index in [-0.39, 0.29) is 5.28 Å². The van der Waals surface area contributed by atoms with Gasteiger partial charge in [0.2, 0.25) is 5.28 Å². The molecule has 18 heavy (non-hydrogen) atoms. The van der Waals surface area contributed by atoms with Crippen molar-refractivity contribution in [3.8, 4) is 6.07 Å². The quantitative estimate of drug-likeness (QED) is 0.833. The number of nitrogens with one attached hydrogen (secondary N) is 2. The molecule has 92 valence electrons. The Bertz CT molecular complexity index is 638. The second kappa shape index (κ2) is 4.14. The molecule has 1 saturated carbocycles. The summed E-state index contributed by atoms with van der Waals surface area (Å²) >= 11 is 5.89. The molecule has 1 atom stereocenters. The zero-order valence-corrected chi connectivity index (χ0v) is 10.6. The highest BCUT2D eigenvalue weighted by molar-refractivity contribution is 6.28. The van der Waals surface area contributed by atoms with Gasteiger partial charge < -0.3 is 10.3 Å². The molecule has 0 radical (unpaired) electrons. The van der Waals surface area contributed by atoms with Crippen LogP contribution < -0.4 is 5.32 Å². The summed E-state index contributed by atoms with van der Waals surface area (Å²) < 4.78 is 0. The van der Waals surface area contributed by atoms with Crippen LogP contribution in [-0.4, -0.2) is 21.0 Å². The highest BCUT2D eigenvalue weighted by Gasteiger charge is 2.28. The summed E-state index contributed by atoms with van der Waals surface area (Å²) in [6, 6.07) is 2.47. The summed E-state index contributed by atoms with van der Waals surface area (Å²) in [5.74, 6) is 1.33. The SMILES string of the molecule is C[C@H](Nc1nc(Cl)nc2[nH]cc(C#N)c12)C1CC1. The van der Waals surface area contributed by atoms with Crippen LogP contribution in [0.1, 0.15) is 25.3 Å². The molecule has 2 heterocycles. The lowest BCUT2D eigenvalue weighted by Crippen LogP contribution is -2.18. The first kappa shape index (κ1) is 11.3. The van der Waals surface area contributed by atoms with E-state index in [0.29, 0.717) is 29.0 Å². The number of anilines is 1. The first-order chi connectivity index (χ1) is 8.69. The molecule has 1 fully saturated rings. The smallest absolute Gasteiger partial charge is 0.226 e. The van der Waals surface area contributed by atoms with E-state index in [1.165, 1.54) is 12.8 Å². The van der Waals surface area contributed by atoms with Crippen LogP contribution in [0, 0.1) is 17.2 Å². The number of halogens is 1. The third-order valence-corrected chi connectivity index (χ3v) is 3.49. The molecule has 2 aromatic rings. The molecule has 1 aliphatic rings. The third-order valence-electron chi connectivity index (χ3n) is 3.32. The van der Waals surface area contributed by atoms with Crippen LogP contribution in [0.2, 0.25) is 5.28 Å². The Hall–Kier alpha value is -1.80. The number of hydrogen-bond donors (Lipinski definition) is 2. The number of rotatable bonds is 3. The van der Waals surface area contributed by atoms with Crippen LogP contribution in [0.25, 0.3) is 11.0 Å². The van der Waals surface area contributed by atoms with E-state index in [1.54, 1.807) is 6.20 Å². The zero-order chi connectivity index (χ0) is 12.7. The van der Waals surface area contributed by atoms with E-state index in [2.05, 4.69) is 33.3 Å². The normalized spacial score (nSPS) is 16.5. The summed E-state index contributed by atoms with van der Waals surface area (Å²) in [6.07, 6.45) is 4.12. The first-order valence-electron chi connectivity index (χ1n) is 5.90. The maximum absolute atomic E-state index is 9.09. The second-order valence-corrected chi connectivity index (χ2v) is 4.99. The van der Waals surface area contributed by atoms with Crippen molar-refractivity contribution in [1.29, 1.82) is 5.26 Å². The van der Waals surface area contributed by atoms with Crippen LogP contribution >= 0.6 is 11.6 Å². The molecule has 5 nitrogen and oxygen atoms in total. The van der Waals surface area contributed by atoms with Crippen molar-refractivity contribution in [2.24, 2.45) is 5.92 Å². The lowest BCUT2D eigenvalue weighted by molar-refractivity contribution is 0.691. The minimum absolute atomic E-state index is 0.180. The van der Waals surface area contributed by atoms with E-state index in [0.717, 1.165) is 5.39 Å². The van der Waals surface area contributed by atoms with E-state index in [1.807, 2.05) is 0 Å². The summed E-state index contributed by atoms with van der Waals surface area (Å²) in [4.78, 5) is 11.2. The summed E-state index contributed by atoms with van der Waals surface area (Å²) in [7, 11) is 0. The highest BCUT2D eigenvalue weighted by Crippen LogP contribution is 2.35. The van der Waals surface area contributed by atoms with E-state index in [9.17, 15) is 0 Å². The largest absolute Gasteiger partial charge is 0.367 e. The standard InChI is InChI=1S/C12H12ClN5/c1-6(7-2-3-7)16-11-9-8(4-14)5-15-10(9)17-12(13)18-11/h5-7H,2-3H2,1H3,(H2,15,16,17,18)/t6-/m0/s1. The van der Waals surface area contributed by atoms with Gasteiger partial charge in [0.25, 0.3) is 0 Å². The number of nitrogens with zero attached hydrogens (tertiary/aromatic N) is 3. The third kappa shape index (κ3) is 1.89. The average Bonchev–Trinajstić information content (AvgIpc) is 3.10. The van der Waals surface area contributed by atoms with Crippen molar-refractivity contribution in [2.75, 3.05) is 5.32 Å². The molecule has 6 heteroatoms. The second-order valence-electron chi connectivity index (χ2n) is 4.65. The number of hydrogen-bond acceptors (Lipinski definition) is 4. The minimum atomic E-state index is 0.180. The molecule has 0 bridgehead atoms. The van der Waals surface area contributed by atoms with Crippen molar-refractivity contribution in [3.63, 3.8) is 0 Å². The molecule has 3 rings (SSSR count). The predicted octanol–water partition coefficient (Wildman–Crippen LogP) is 2.69. The van der Waals surface area contributed by atoms with Gasteiger partial charge in [0, 0.05) is 12.2 Å². The maximum Gasteiger partial charge on any atom is 0.226 e. The van der Waals surface area contributed by atoms with Gasteiger partial charge in [-0.3, -0.25) is 0 Å². The molecular formula is C12H12ClN5. The van der Waals surface area contributed by atoms with Crippen LogP contribution in [0.15, 0.2) is 6.20 Å². The molecule has 0 aromatic carbocycles. The Labute approximate surface area is 109 Å². The Kier molecular flexibility index (Phi) is 2.60. The van der Waals surface area contributed by atoms with Crippen molar-refractivity contribution in [2.45, 2.75) is 25.8 Å². The monoisotopic (exact) mass is 261 g/mol. The van der Waals surface area contributed by atoms with Crippen LogP contribution in [0.5, 0.6) is 0 Å². The summed E-state index contributed by atoms with van der Waals surface area (Å²) in [5, 5.41) is 13.3. The van der Waals surface area contributed by atoms with Crippen LogP contribution in [-0.2, 0) is 0 Å². The number of nitriles is 1. The number of H-pyrrole nitrogens is 1. The summed E-state index contributed by atoms with van der Waals surface area (Å²) in [6.45, 7) is 2.12. The van der Waals surface area contributed by atoms with Crippen molar-refractivity contribution in [1.82, 2.24) is 15.0 Å². The van der Waals surface area contributed by atoms with E-state index in [4.69, 9.17) is 16.9 Å². The summed E-state index contributed by atoms with van der Waals surface area (Å²) in [5.41, 5.74) is 1.13. The fourth-order valence-corrected chi connectivity index (χ4v) is 2.30. The predicted molar refractivity (Wildman–Crippen MR) is 69.4 cm³/mol.